The summed E-state index contributed by atoms with van der Waals surface area (Å²) in [5, 5.41) is 18.5. The highest BCUT2D eigenvalue weighted by atomic mass is 19.4. The van der Waals surface area contributed by atoms with Crippen molar-refractivity contribution in [1.29, 1.82) is 0 Å². The van der Waals surface area contributed by atoms with E-state index in [0.29, 0.717) is 6.07 Å². The molecule has 25 heavy (non-hydrogen) atoms. The lowest BCUT2D eigenvalue weighted by molar-refractivity contribution is -0.164. The molecule has 0 unspecified atom stereocenters. The van der Waals surface area contributed by atoms with Gasteiger partial charge in [-0.25, -0.2) is 4.98 Å². The van der Waals surface area contributed by atoms with E-state index in [-0.39, 0.29) is 17.3 Å². The second-order valence-electron chi connectivity index (χ2n) is 6.57. The number of aromatic nitrogens is 1. The van der Waals surface area contributed by atoms with Gasteiger partial charge in [-0.15, -0.1) is 0 Å². The summed E-state index contributed by atoms with van der Waals surface area (Å²) in [6.07, 6.45) is 2.77. The van der Waals surface area contributed by atoms with Crippen LogP contribution in [0.3, 0.4) is 0 Å². The molecular formula is C17H23F3N2O3. The van der Waals surface area contributed by atoms with E-state index in [2.05, 4.69) is 4.98 Å². The van der Waals surface area contributed by atoms with Crippen molar-refractivity contribution in [3.8, 4) is 0 Å². The van der Waals surface area contributed by atoms with E-state index >= 15 is 0 Å². The summed E-state index contributed by atoms with van der Waals surface area (Å²) in [6, 6.07) is 1.59. The van der Waals surface area contributed by atoms with Crippen LogP contribution in [0, 0.1) is 0 Å². The maximum absolute atomic E-state index is 13.0. The molecule has 0 aliphatic heterocycles. The summed E-state index contributed by atoms with van der Waals surface area (Å²) in [4.78, 5) is 3.92. The lowest BCUT2D eigenvalue weighted by atomic mass is 10.1. The van der Waals surface area contributed by atoms with E-state index in [4.69, 9.17) is 10.2 Å². The van der Waals surface area contributed by atoms with Crippen molar-refractivity contribution in [3.63, 3.8) is 0 Å². The molecule has 3 rings (SSSR count). The Labute approximate surface area is 143 Å². The van der Waals surface area contributed by atoms with Crippen molar-refractivity contribution >= 4 is 11.1 Å². The van der Waals surface area contributed by atoms with Crippen LogP contribution in [-0.4, -0.2) is 15.2 Å². The molecule has 1 fully saturated rings. The molecule has 1 aromatic carbocycles. The SMILES string of the molecule is C1CCCC1.CC(C)c1nc2cc(C(N)(O)O)cc(C(F)(F)F)c2o1. The Hall–Kier alpha value is -1.64. The first-order chi connectivity index (χ1) is 11.5. The Morgan fingerprint density at radius 2 is 1.60 bits per heavy atom. The number of nitrogens with two attached hydrogens (primary N) is 1. The number of rotatable bonds is 2. The maximum atomic E-state index is 13.0. The van der Waals surface area contributed by atoms with Gasteiger partial charge in [0.1, 0.15) is 11.1 Å². The molecule has 1 aliphatic carbocycles. The molecule has 1 aromatic heterocycles. The quantitative estimate of drug-likeness (QED) is 0.705. The van der Waals surface area contributed by atoms with Crippen molar-refractivity contribution < 1.29 is 27.8 Å². The van der Waals surface area contributed by atoms with E-state index in [1.807, 2.05) is 0 Å². The molecule has 8 heteroatoms. The fourth-order valence-electron chi connectivity index (χ4n) is 2.60. The molecule has 1 heterocycles. The summed E-state index contributed by atoms with van der Waals surface area (Å²) >= 11 is 0. The number of fused-ring (bicyclic) bond motifs is 1. The highest BCUT2D eigenvalue weighted by molar-refractivity contribution is 5.78. The van der Waals surface area contributed by atoms with Crippen LogP contribution < -0.4 is 5.73 Å². The highest BCUT2D eigenvalue weighted by Gasteiger charge is 2.37. The molecule has 0 atom stereocenters. The average molecular weight is 360 g/mol. The molecule has 5 nitrogen and oxygen atoms in total. The van der Waals surface area contributed by atoms with Gasteiger partial charge in [0, 0.05) is 11.5 Å². The van der Waals surface area contributed by atoms with Crippen LogP contribution in [0.25, 0.3) is 11.1 Å². The third-order valence-corrected chi connectivity index (χ3v) is 3.98. The number of oxazole rings is 1. The number of halogens is 3. The average Bonchev–Trinajstić information content (AvgIpc) is 3.16. The normalized spacial score (nSPS) is 15.6. The highest BCUT2D eigenvalue weighted by Crippen LogP contribution is 2.38. The topological polar surface area (TPSA) is 92.5 Å². The summed E-state index contributed by atoms with van der Waals surface area (Å²) < 4.78 is 44.1. The molecule has 1 saturated carbocycles. The number of aliphatic hydroxyl groups is 2. The molecule has 0 bridgehead atoms. The van der Waals surface area contributed by atoms with Gasteiger partial charge in [-0.05, 0) is 12.1 Å². The van der Waals surface area contributed by atoms with Crippen LogP contribution in [0.4, 0.5) is 13.2 Å². The summed E-state index contributed by atoms with van der Waals surface area (Å²) in [5.41, 5.74) is 2.77. The van der Waals surface area contributed by atoms with Gasteiger partial charge >= 0.3 is 6.18 Å². The monoisotopic (exact) mass is 360 g/mol. The van der Waals surface area contributed by atoms with E-state index in [9.17, 15) is 23.4 Å². The van der Waals surface area contributed by atoms with E-state index in [0.717, 1.165) is 6.07 Å². The molecule has 140 valence electrons. The number of alkyl halides is 3. The molecule has 0 spiro atoms. The van der Waals surface area contributed by atoms with Crippen LogP contribution in [0.5, 0.6) is 0 Å². The molecule has 0 saturated heterocycles. The van der Waals surface area contributed by atoms with Gasteiger partial charge in [-0.1, -0.05) is 46.0 Å². The van der Waals surface area contributed by atoms with Gasteiger partial charge in [0.25, 0.3) is 0 Å². The number of hydrogen-bond acceptors (Lipinski definition) is 5. The lowest BCUT2D eigenvalue weighted by Crippen LogP contribution is -2.36. The minimum atomic E-state index is -4.73. The zero-order chi connectivity index (χ0) is 18.8. The van der Waals surface area contributed by atoms with E-state index in [1.165, 1.54) is 32.1 Å². The first-order valence-corrected chi connectivity index (χ1v) is 8.26. The zero-order valence-corrected chi connectivity index (χ0v) is 14.2. The van der Waals surface area contributed by atoms with Crippen LogP contribution in [-0.2, 0) is 12.1 Å². The Morgan fingerprint density at radius 1 is 1.08 bits per heavy atom. The third kappa shape index (κ3) is 4.93. The van der Waals surface area contributed by atoms with Gasteiger partial charge in [-0.2, -0.15) is 13.2 Å². The largest absolute Gasteiger partial charge is 0.440 e. The first-order valence-electron chi connectivity index (χ1n) is 8.26. The summed E-state index contributed by atoms with van der Waals surface area (Å²) in [7, 11) is 0. The molecule has 0 amide bonds. The maximum Gasteiger partial charge on any atom is 0.420 e. The smallest absolute Gasteiger partial charge is 0.420 e. The fraction of sp³-hybridized carbons (Fsp3) is 0.588. The third-order valence-electron chi connectivity index (χ3n) is 3.98. The van der Waals surface area contributed by atoms with Crippen molar-refractivity contribution in [2.24, 2.45) is 5.73 Å². The van der Waals surface area contributed by atoms with Crippen LogP contribution >= 0.6 is 0 Å². The Bertz CT molecular complexity index is 707. The van der Waals surface area contributed by atoms with Gasteiger partial charge in [0.2, 0.25) is 5.91 Å². The minimum absolute atomic E-state index is 0.126. The van der Waals surface area contributed by atoms with Crippen molar-refractivity contribution in [1.82, 2.24) is 4.98 Å². The van der Waals surface area contributed by atoms with E-state index in [1.54, 1.807) is 13.8 Å². The standard InChI is InChI=1S/C12H13F3N2O3.C5H10/c1-5(2)10-17-8-4-6(12(16,18)19)3-7(9(8)20-10)11(13,14)15;1-2-4-5-3-1/h3-5,18-19H,16H2,1-2H3;1-5H2. The van der Waals surface area contributed by atoms with Crippen molar-refractivity contribution in [3.05, 3.63) is 29.2 Å². The summed E-state index contributed by atoms with van der Waals surface area (Å²) in [5.74, 6) is -2.97. The lowest BCUT2D eigenvalue weighted by Gasteiger charge is -2.17. The van der Waals surface area contributed by atoms with E-state index < -0.39 is 28.8 Å². The van der Waals surface area contributed by atoms with Crippen LogP contribution in [0.15, 0.2) is 16.5 Å². The number of nitrogens with zero attached hydrogens (tertiary/aromatic N) is 1. The molecule has 2 aromatic rings. The Balaban J connectivity index is 0.000000386. The Morgan fingerprint density at radius 3 is 2.00 bits per heavy atom. The predicted octanol–water partition coefficient (Wildman–Crippen LogP) is 3.97. The molecule has 0 radical (unpaired) electrons. The number of benzene rings is 1. The molecule has 1 aliphatic rings. The van der Waals surface area contributed by atoms with Crippen LogP contribution in [0.1, 0.15) is 68.9 Å². The number of hydrogen-bond donors (Lipinski definition) is 3. The second-order valence-corrected chi connectivity index (χ2v) is 6.57. The summed E-state index contributed by atoms with van der Waals surface area (Å²) in [6.45, 7) is 3.43. The fourth-order valence-corrected chi connectivity index (χ4v) is 2.60. The first kappa shape index (κ1) is 19.7. The van der Waals surface area contributed by atoms with Crippen LogP contribution in [0.2, 0.25) is 0 Å². The second kappa shape index (κ2) is 7.31. The Kier molecular flexibility index (Phi) is 5.75. The molecular weight excluding hydrogens is 337 g/mol. The predicted molar refractivity (Wildman–Crippen MR) is 86.5 cm³/mol. The van der Waals surface area contributed by atoms with Gasteiger partial charge in [0.05, 0.1) is 0 Å². The van der Waals surface area contributed by atoms with Crippen molar-refractivity contribution in [2.75, 3.05) is 0 Å². The van der Waals surface area contributed by atoms with Gasteiger partial charge < -0.3 is 14.6 Å². The van der Waals surface area contributed by atoms with Gasteiger partial charge in [-0.3, -0.25) is 5.73 Å². The minimum Gasteiger partial charge on any atom is -0.440 e. The molecule has 4 N–H and O–H groups in total. The van der Waals surface area contributed by atoms with Gasteiger partial charge in [0.15, 0.2) is 11.5 Å². The van der Waals surface area contributed by atoms with Crippen molar-refractivity contribution in [2.45, 2.75) is 64.0 Å². The zero-order valence-electron chi connectivity index (χ0n) is 14.2.